The molecule has 20 heteroatoms. The van der Waals surface area contributed by atoms with E-state index in [1.807, 2.05) is 82.4 Å². The maximum absolute atomic E-state index is 14.5. The Kier molecular flexibility index (Phi) is 22.5. The number of rotatable bonds is 18. The minimum atomic E-state index is -1.84. The number of esters is 2. The molecule has 0 saturated carbocycles. The summed E-state index contributed by atoms with van der Waals surface area (Å²) in [4.78, 5) is 30.5. The van der Waals surface area contributed by atoms with Gasteiger partial charge in [0, 0.05) is 70.2 Å². The molecule has 0 aliphatic carbocycles. The first-order valence-electron chi connectivity index (χ1n) is 28.4. The van der Waals surface area contributed by atoms with Crippen LogP contribution in [0.3, 0.4) is 0 Å². The number of nitrogens with zero attached hydrogens (tertiary/aromatic N) is 5. The molecule has 0 unspecified atom stereocenters. The number of carbonyl (C=O) groups excluding carboxylic acids is 2. The van der Waals surface area contributed by atoms with Crippen molar-refractivity contribution in [3.8, 4) is 16.9 Å². The van der Waals surface area contributed by atoms with Gasteiger partial charge in [0.15, 0.2) is 12.6 Å². The first-order chi connectivity index (χ1) is 37.2. The molecule has 3 aliphatic heterocycles. The Hall–Kier alpha value is -4.16. The summed E-state index contributed by atoms with van der Waals surface area (Å²) in [6.45, 7) is 21.7. The Morgan fingerprint density at radius 1 is 0.899 bits per heavy atom. The smallest absolute Gasteiger partial charge is 0.338 e. The molecular formula is C59H93N5O15. The number of carbonyl (C=O) groups is 2. The average molecular weight is 1110 g/mol. The highest BCUT2D eigenvalue weighted by Crippen LogP contribution is 2.40. The maximum Gasteiger partial charge on any atom is 0.338 e. The van der Waals surface area contributed by atoms with E-state index in [-0.39, 0.29) is 37.3 Å². The van der Waals surface area contributed by atoms with E-state index >= 15 is 0 Å². The molecule has 3 saturated heterocycles. The van der Waals surface area contributed by atoms with Crippen LogP contribution < -0.4 is 4.74 Å². The van der Waals surface area contributed by atoms with E-state index in [9.17, 15) is 35.1 Å². The second-order valence-corrected chi connectivity index (χ2v) is 23.4. The predicted octanol–water partition coefficient (Wildman–Crippen LogP) is 5.42. The molecule has 3 aliphatic rings. The van der Waals surface area contributed by atoms with Crippen LogP contribution in [0, 0.1) is 17.8 Å². The van der Waals surface area contributed by atoms with Gasteiger partial charge in [-0.05, 0) is 130 Å². The lowest BCUT2D eigenvalue weighted by atomic mass is 9.77. The third-order valence-corrected chi connectivity index (χ3v) is 16.8. The van der Waals surface area contributed by atoms with Crippen LogP contribution in [0.15, 0.2) is 54.7 Å². The zero-order valence-electron chi connectivity index (χ0n) is 49.2. The lowest BCUT2D eigenvalue weighted by molar-refractivity contribution is -0.318. The van der Waals surface area contributed by atoms with Gasteiger partial charge in [0.1, 0.15) is 35.8 Å². The van der Waals surface area contributed by atoms with Crippen LogP contribution in [0.4, 0.5) is 0 Å². The molecule has 0 amide bonds. The summed E-state index contributed by atoms with van der Waals surface area (Å²) in [5, 5.41) is 68.6. The summed E-state index contributed by atoms with van der Waals surface area (Å²) >= 11 is 0. The largest absolute Gasteiger partial charge is 0.494 e. The van der Waals surface area contributed by atoms with Crippen molar-refractivity contribution in [2.75, 3.05) is 47.5 Å². The number of hydrogen-bond acceptors (Lipinski definition) is 19. The molecule has 6 rings (SSSR count). The summed E-state index contributed by atoms with van der Waals surface area (Å²) in [5.41, 5.74) is -1.27. The number of cyclic esters (lactones) is 1. The summed E-state index contributed by atoms with van der Waals surface area (Å²) in [6, 6.07) is 14.1. The molecule has 0 bridgehead atoms. The van der Waals surface area contributed by atoms with E-state index in [0.717, 1.165) is 22.6 Å². The van der Waals surface area contributed by atoms with E-state index in [2.05, 4.69) is 15.2 Å². The second-order valence-electron chi connectivity index (χ2n) is 23.4. The van der Waals surface area contributed by atoms with Gasteiger partial charge in [-0.3, -0.25) is 9.48 Å². The number of ether oxygens (including phenoxy) is 8. The molecule has 0 spiro atoms. The number of aliphatic hydroxyl groups excluding tert-OH is 3. The topological polar surface area (TPSA) is 246 Å². The van der Waals surface area contributed by atoms with Gasteiger partial charge in [0.2, 0.25) is 0 Å². The minimum absolute atomic E-state index is 0.0970. The van der Waals surface area contributed by atoms with E-state index in [0.29, 0.717) is 57.7 Å². The van der Waals surface area contributed by atoms with Crippen LogP contribution in [0.1, 0.15) is 124 Å². The van der Waals surface area contributed by atoms with Crippen LogP contribution in [-0.4, -0.2) is 200 Å². The second kappa shape index (κ2) is 27.7. The molecule has 18 atom stereocenters. The van der Waals surface area contributed by atoms with Crippen LogP contribution in [0.5, 0.6) is 5.75 Å². The SMILES string of the molecule is CCOC(=O)c1ccc(-c2ccc(OCCCn3cc(CCN(C)[C@H]4C[C@@H](C)O[C@@H](O[C@@H]5[C@@H](C)[C@H](O[C@H]6C[C@@](C)(OC)[C@@H](O)[C@H](C)O6)[C@@H](C)C(=O)O[C@H](CC)[C@@](C)(O)[C@H](O)[C@@H](C)N(C)C[C@H](C)C[C@@]5(C)O)[C@@H]4O)nn3)cc2)cc1. The number of aromatic nitrogens is 3. The molecule has 444 valence electrons. The molecule has 2 aromatic carbocycles. The number of aliphatic hydroxyl groups is 5. The van der Waals surface area contributed by atoms with Crippen molar-refractivity contribution in [3.63, 3.8) is 0 Å². The highest BCUT2D eigenvalue weighted by atomic mass is 16.7. The number of likely N-dealkylation sites (N-methyl/N-ethyl adjacent to an activating group) is 2. The molecule has 5 N–H and O–H groups in total. The highest BCUT2D eigenvalue weighted by molar-refractivity contribution is 5.90. The summed E-state index contributed by atoms with van der Waals surface area (Å²) in [5.74, 6) is -2.40. The van der Waals surface area contributed by atoms with E-state index in [1.54, 1.807) is 65.3 Å². The van der Waals surface area contributed by atoms with Crippen molar-refractivity contribution in [3.05, 3.63) is 66.0 Å². The van der Waals surface area contributed by atoms with Crippen molar-refractivity contribution in [2.45, 2.75) is 212 Å². The molecule has 3 fully saturated rings. The van der Waals surface area contributed by atoms with Gasteiger partial charge in [-0.1, -0.05) is 50.3 Å². The Bertz CT molecular complexity index is 2370. The molecule has 4 heterocycles. The molecule has 0 radical (unpaired) electrons. The van der Waals surface area contributed by atoms with Gasteiger partial charge >= 0.3 is 11.9 Å². The fourth-order valence-electron chi connectivity index (χ4n) is 11.9. The van der Waals surface area contributed by atoms with Crippen LogP contribution >= 0.6 is 0 Å². The zero-order chi connectivity index (χ0) is 58.1. The van der Waals surface area contributed by atoms with E-state index < -0.39 is 102 Å². The zero-order valence-corrected chi connectivity index (χ0v) is 49.2. The summed E-state index contributed by atoms with van der Waals surface area (Å²) < 4.78 is 51.3. The Morgan fingerprint density at radius 2 is 1.56 bits per heavy atom. The van der Waals surface area contributed by atoms with Gasteiger partial charge in [0.05, 0.1) is 66.0 Å². The third-order valence-electron chi connectivity index (χ3n) is 16.8. The Labute approximate surface area is 467 Å². The predicted molar refractivity (Wildman–Crippen MR) is 295 cm³/mol. The Balaban J connectivity index is 1.14. The lowest BCUT2D eigenvalue weighted by Gasteiger charge is -2.49. The van der Waals surface area contributed by atoms with Crippen molar-refractivity contribution in [1.29, 1.82) is 0 Å². The van der Waals surface area contributed by atoms with E-state index in [4.69, 9.17) is 37.9 Å². The number of benzene rings is 2. The van der Waals surface area contributed by atoms with Gasteiger partial charge in [-0.2, -0.15) is 0 Å². The van der Waals surface area contributed by atoms with Crippen LogP contribution in [0.25, 0.3) is 11.1 Å². The normalized spacial score (nSPS) is 36.5. The van der Waals surface area contributed by atoms with Gasteiger partial charge in [-0.25, -0.2) is 4.79 Å². The van der Waals surface area contributed by atoms with Crippen LogP contribution in [-0.2, 0) is 50.9 Å². The minimum Gasteiger partial charge on any atom is -0.494 e. The fraction of sp³-hybridized carbons (Fsp3) is 0.729. The number of aryl methyl sites for hydroxylation is 1. The van der Waals surface area contributed by atoms with E-state index in [1.165, 1.54) is 14.0 Å². The van der Waals surface area contributed by atoms with Crippen LogP contribution in [0.2, 0.25) is 0 Å². The van der Waals surface area contributed by atoms with Crippen molar-refractivity contribution in [2.24, 2.45) is 17.8 Å². The van der Waals surface area contributed by atoms with Crippen molar-refractivity contribution in [1.82, 2.24) is 24.8 Å². The maximum atomic E-state index is 14.5. The molecular weight excluding hydrogens is 1020 g/mol. The lowest BCUT2D eigenvalue weighted by Crippen LogP contribution is -2.61. The number of hydrogen-bond donors (Lipinski definition) is 5. The fourth-order valence-corrected chi connectivity index (χ4v) is 11.9. The quantitative estimate of drug-likeness (QED) is 0.0789. The monoisotopic (exact) mass is 1110 g/mol. The number of methoxy groups -OCH3 is 1. The highest BCUT2D eigenvalue weighted by Gasteiger charge is 2.53. The first-order valence-corrected chi connectivity index (χ1v) is 28.4. The molecule has 1 aromatic heterocycles. The molecule has 20 nitrogen and oxygen atoms in total. The third kappa shape index (κ3) is 15.9. The average Bonchev–Trinajstić information content (AvgIpc) is 3.88. The molecule has 79 heavy (non-hydrogen) atoms. The standard InChI is InChI=1S/C59H93N5O15/c1-15-47-59(11,71)51(66)39(7)63(13)33-35(3)31-57(9,70)53(37(5)50(38(6)54(68)77-47)78-48-32-58(10,72-14)52(67)40(8)76-48)79-56-49(65)46(30-36(4)75-56)62(12)28-26-44-34-64(61-60-44)27-17-29-74-45-24-22-42(23-25-45)41-18-20-43(21-19-41)55(69)73-16-2/h18-25,34-40,46-53,56,65-67,70-71H,15-17,26-33H2,1-14H3/t35-,36-,37+,38-,39-,40+,46+,47-,48+,49-,50+,51-,52+,53-,56+,57-,58-,59-/m1/s1. The molecule has 3 aromatic rings. The van der Waals surface area contributed by atoms with Gasteiger partial charge in [0.25, 0.3) is 0 Å². The summed E-state index contributed by atoms with van der Waals surface area (Å²) in [7, 11) is 5.28. The van der Waals surface area contributed by atoms with Gasteiger partial charge in [-0.15, -0.1) is 5.10 Å². The summed E-state index contributed by atoms with van der Waals surface area (Å²) in [6.07, 6.45) is -5.96. The van der Waals surface area contributed by atoms with Crippen molar-refractivity contribution >= 4 is 11.9 Å². The van der Waals surface area contributed by atoms with Crippen molar-refractivity contribution < 1.29 is 73.0 Å². The first kappa shape index (κ1) is 64.0. The Morgan fingerprint density at radius 3 is 2.19 bits per heavy atom. The van der Waals surface area contributed by atoms with Gasteiger partial charge < -0.3 is 73.2 Å².